The normalized spacial score (nSPS) is 12.2. The third-order valence-corrected chi connectivity index (χ3v) is 10.3. The van der Waals surface area contributed by atoms with Gasteiger partial charge in [-0.3, -0.25) is 0 Å². The van der Waals surface area contributed by atoms with Gasteiger partial charge in [0.1, 0.15) is 0 Å². The van der Waals surface area contributed by atoms with Crippen molar-refractivity contribution in [2.24, 2.45) is 0 Å². The van der Waals surface area contributed by atoms with Gasteiger partial charge in [0.25, 0.3) is 0 Å². The highest BCUT2D eigenvalue weighted by Crippen LogP contribution is 2.44. The van der Waals surface area contributed by atoms with Crippen LogP contribution in [-0.2, 0) is 0 Å². The lowest BCUT2D eigenvalue weighted by Crippen LogP contribution is -1.95. The Labute approximate surface area is 251 Å². The zero-order chi connectivity index (χ0) is 28.1. The summed E-state index contributed by atoms with van der Waals surface area (Å²) >= 11 is 1.89. The molecule has 7 aromatic carbocycles. The van der Waals surface area contributed by atoms with Crippen LogP contribution >= 0.6 is 11.3 Å². The average molecular weight is 565 g/mol. The quantitative estimate of drug-likeness (QED) is 0.198. The largest absolute Gasteiger partial charge is 0.309 e. The van der Waals surface area contributed by atoms with Gasteiger partial charge in [-0.1, -0.05) is 103 Å². The molecular weight excluding hydrogens is 541 g/mol. The lowest BCUT2D eigenvalue weighted by molar-refractivity contribution is 1.18. The van der Waals surface area contributed by atoms with E-state index in [0.29, 0.717) is 0 Å². The van der Waals surface area contributed by atoms with Crippen LogP contribution in [0.3, 0.4) is 0 Å². The highest BCUT2D eigenvalue weighted by Gasteiger charge is 2.21. The lowest BCUT2D eigenvalue weighted by atomic mass is 10.0. The van der Waals surface area contributed by atoms with Crippen LogP contribution in [0, 0.1) is 0 Å². The number of benzene rings is 7. The van der Waals surface area contributed by atoms with E-state index in [9.17, 15) is 0 Å². The van der Waals surface area contributed by atoms with Crippen molar-refractivity contribution in [3.8, 4) is 11.4 Å². The zero-order valence-corrected chi connectivity index (χ0v) is 24.0. The van der Waals surface area contributed by atoms with E-state index in [1.54, 1.807) is 0 Å². The molecule has 2 nitrogen and oxygen atoms in total. The molecule has 0 bridgehead atoms. The molecule has 0 amide bonds. The monoisotopic (exact) mass is 564 g/mol. The van der Waals surface area contributed by atoms with Crippen molar-refractivity contribution in [2.45, 2.75) is 0 Å². The summed E-state index contributed by atoms with van der Waals surface area (Å²) in [6.45, 7) is 0. The van der Waals surface area contributed by atoms with E-state index in [1.165, 1.54) is 85.9 Å². The summed E-state index contributed by atoms with van der Waals surface area (Å²) in [5.74, 6) is 0. The van der Waals surface area contributed by atoms with E-state index in [0.717, 1.165) is 0 Å². The van der Waals surface area contributed by atoms with Gasteiger partial charge in [0.2, 0.25) is 0 Å². The van der Waals surface area contributed by atoms with E-state index in [2.05, 4.69) is 155 Å². The van der Waals surface area contributed by atoms with Crippen molar-refractivity contribution in [1.82, 2.24) is 9.13 Å². The summed E-state index contributed by atoms with van der Waals surface area (Å²) in [4.78, 5) is 0. The summed E-state index contributed by atoms with van der Waals surface area (Å²) in [5, 5.41) is 10.2. The average Bonchev–Trinajstić information content (AvgIpc) is 3.72. The molecule has 3 aromatic heterocycles. The Morgan fingerprint density at radius 1 is 0.395 bits per heavy atom. The maximum absolute atomic E-state index is 2.49. The first-order valence-electron chi connectivity index (χ1n) is 14.7. The Bertz CT molecular complexity index is 2720. The molecule has 0 aliphatic rings. The predicted molar refractivity (Wildman–Crippen MR) is 186 cm³/mol. The van der Waals surface area contributed by atoms with Crippen molar-refractivity contribution in [2.75, 3.05) is 0 Å². The molecule has 0 atom stereocenters. The van der Waals surface area contributed by atoms with Gasteiger partial charge >= 0.3 is 0 Å². The highest BCUT2D eigenvalue weighted by atomic mass is 32.1. The smallest absolute Gasteiger partial charge is 0.0640 e. The first kappa shape index (κ1) is 23.2. The first-order valence-corrected chi connectivity index (χ1v) is 15.5. The third kappa shape index (κ3) is 3.12. The molecule has 0 spiro atoms. The summed E-state index contributed by atoms with van der Waals surface area (Å²) in [5.41, 5.74) is 7.37. The van der Waals surface area contributed by atoms with Crippen molar-refractivity contribution < 1.29 is 0 Å². The highest BCUT2D eigenvalue weighted by molar-refractivity contribution is 7.26. The Balaban J connectivity index is 1.41. The number of hydrogen-bond donors (Lipinski definition) is 0. The van der Waals surface area contributed by atoms with E-state index in [1.807, 2.05) is 11.3 Å². The van der Waals surface area contributed by atoms with Gasteiger partial charge in [-0.15, -0.1) is 11.3 Å². The Morgan fingerprint density at radius 3 is 1.95 bits per heavy atom. The summed E-state index contributed by atoms with van der Waals surface area (Å²) in [6.07, 6.45) is 0. The molecule has 0 unspecified atom stereocenters. The van der Waals surface area contributed by atoms with Gasteiger partial charge in [0.15, 0.2) is 0 Å². The van der Waals surface area contributed by atoms with Crippen molar-refractivity contribution >= 4 is 85.9 Å². The van der Waals surface area contributed by atoms with Crippen LogP contribution in [0.1, 0.15) is 0 Å². The minimum atomic E-state index is 1.18. The van der Waals surface area contributed by atoms with Crippen molar-refractivity contribution in [1.29, 1.82) is 0 Å². The molecule has 0 aliphatic carbocycles. The first-order chi connectivity index (χ1) is 21.3. The molecule has 0 fully saturated rings. The van der Waals surface area contributed by atoms with Crippen LogP contribution in [0.15, 0.2) is 146 Å². The second kappa shape index (κ2) is 8.57. The molecule has 10 aromatic rings. The van der Waals surface area contributed by atoms with Crippen LogP contribution in [0.2, 0.25) is 0 Å². The van der Waals surface area contributed by atoms with Gasteiger partial charge in [-0.25, -0.2) is 0 Å². The van der Waals surface area contributed by atoms with Crippen LogP contribution in [-0.4, -0.2) is 9.13 Å². The number of aromatic nitrogens is 2. The number of para-hydroxylation sites is 2. The van der Waals surface area contributed by atoms with Gasteiger partial charge < -0.3 is 9.13 Å². The second-order valence-electron chi connectivity index (χ2n) is 11.3. The lowest BCUT2D eigenvalue weighted by Gasteiger charge is -2.10. The topological polar surface area (TPSA) is 9.86 Å². The molecule has 200 valence electrons. The third-order valence-electron chi connectivity index (χ3n) is 9.08. The van der Waals surface area contributed by atoms with E-state index in [4.69, 9.17) is 0 Å². The van der Waals surface area contributed by atoms with Crippen molar-refractivity contribution in [3.05, 3.63) is 146 Å². The van der Waals surface area contributed by atoms with Gasteiger partial charge in [-0.05, 0) is 47.9 Å². The van der Waals surface area contributed by atoms with Gasteiger partial charge in [-0.2, -0.15) is 0 Å². The Hall–Kier alpha value is -5.38. The van der Waals surface area contributed by atoms with E-state index in [-0.39, 0.29) is 0 Å². The van der Waals surface area contributed by atoms with Gasteiger partial charge in [0.05, 0.1) is 32.5 Å². The molecule has 43 heavy (non-hydrogen) atoms. The molecule has 0 radical (unpaired) electrons. The fraction of sp³-hybridized carbons (Fsp3) is 0. The fourth-order valence-electron chi connectivity index (χ4n) is 7.25. The molecule has 0 saturated carbocycles. The molecule has 0 N–H and O–H groups in total. The minimum absolute atomic E-state index is 1.18. The van der Waals surface area contributed by atoms with E-state index < -0.39 is 0 Å². The molecule has 10 rings (SSSR count). The number of thiophene rings is 1. The summed E-state index contributed by atoms with van der Waals surface area (Å²) in [7, 11) is 0. The summed E-state index contributed by atoms with van der Waals surface area (Å²) < 4.78 is 7.61. The molecular formula is C40H24N2S. The zero-order valence-electron chi connectivity index (χ0n) is 23.2. The molecule has 3 heteroatoms. The fourth-order valence-corrected chi connectivity index (χ4v) is 8.46. The van der Waals surface area contributed by atoms with Crippen LogP contribution in [0.5, 0.6) is 0 Å². The Kier molecular flexibility index (Phi) is 4.63. The predicted octanol–water partition coefficient (Wildman–Crippen LogP) is 11.4. The van der Waals surface area contributed by atoms with Gasteiger partial charge in [0, 0.05) is 48.1 Å². The maximum atomic E-state index is 2.49. The molecule has 0 aliphatic heterocycles. The number of fused-ring (bicyclic) bond motifs is 11. The molecule has 0 saturated heterocycles. The standard InChI is InChI=1S/C40H24N2S/c1-2-12-26(13-3-1)41-36-23-32-28-15-6-8-18-34(28)42(35-19-10-17-31-29-16-7-9-20-38(29)43-40(31)35)37(32)24-33(36)30-22-21-25-11-4-5-14-27(25)39(30)41/h1-24H. The molecule has 3 heterocycles. The second-order valence-corrected chi connectivity index (χ2v) is 12.4. The summed E-state index contributed by atoms with van der Waals surface area (Å²) in [6, 6.07) is 53.4. The van der Waals surface area contributed by atoms with Crippen molar-refractivity contribution in [3.63, 3.8) is 0 Å². The SMILES string of the molecule is c1ccc(-n2c3cc4c5ccccc5n(-c5cccc6c5sc5ccccc56)c4cc3c3ccc4ccccc4c32)cc1. The number of nitrogens with zero attached hydrogens (tertiary/aromatic N) is 2. The van der Waals surface area contributed by atoms with Crippen LogP contribution in [0.25, 0.3) is 85.9 Å². The Morgan fingerprint density at radius 2 is 1.07 bits per heavy atom. The minimum Gasteiger partial charge on any atom is -0.309 e. The van der Waals surface area contributed by atoms with Crippen LogP contribution in [0.4, 0.5) is 0 Å². The number of rotatable bonds is 2. The van der Waals surface area contributed by atoms with Crippen LogP contribution < -0.4 is 0 Å². The maximum Gasteiger partial charge on any atom is 0.0640 e. The van der Waals surface area contributed by atoms with E-state index >= 15 is 0 Å². The number of hydrogen-bond acceptors (Lipinski definition) is 1.